The molecule has 28 valence electrons. The van der Waals surface area contributed by atoms with Gasteiger partial charge in [-0.2, -0.15) is 0 Å². The first-order valence-electron chi connectivity index (χ1n) is 1.00. The molecule has 0 aliphatic carbocycles. The lowest BCUT2D eigenvalue weighted by Crippen LogP contribution is -1.86. The van der Waals surface area contributed by atoms with Crippen LogP contribution in [0.2, 0.25) is 0 Å². The molecule has 2 nitrogen and oxygen atoms in total. The zero-order valence-corrected chi connectivity index (χ0v) is 3.58. The van der Waals surface area contributed by atoms with Gasteiger partial charge in [-0.25, -0.2) is 0 Å². The van der Waals surface area contributed by atoms with Crippen LogP contribution in [0.3, 0.4) is 0 Å². The van der Waals surface area contributed by atoms with Crippen LogP contribution < -0.4 is 0 Å². The molecular formula is C2H3NOS. The Bertz CT molecular complexity index is 55.2. The molecule has 0 aromatic carbocycles. The molecule has 3 heteroatoms. The molecule has 0 radical (unpaired) electrons. The van der Waals surface area contributed by atoms with Gasteiger partial charge in [-0.05, 0) is 0 Å². The van der Waals surface area contributed by atoms with Gasteiger partial charge in [0.2, 0.25) is 0 Å². The van der Waals surface area contributed by atoms with Crippen LogP contribution in [0.1, 0.15) is 0 Å². The Morgan fingerprint density at radius 3 is 2.20 bits per heavy atom. The lowest BCUT2D eigenvalue weighted by molar-refractivity contribution is 0.610. The molecule has 0 saturated heterocycles. The molecule has 0 rings (SSSR count). The van der Waals surface area contributed by atoms with E-state index < -0.39 is 11.2 Å². The summed E-state index contributed by atoms with van der Waals surface area (Å²) < 4.78 is 9.56. The summed E-state index contributed by atoms with van der Waals surface area (Å²) in [5.41, 5.74) is 0. The summed E-state index contributed by atoms with van der Waals surface area (Å²) in [5, 5.41) is 9.09. The van der Waals surface area contributed by atoms with Gasteiger partial charge < -0.3 is 4.55 Å². The summed E-state index contributed by atoms with van der Waals surface area (Å²) in [6, 6.07) is 0. The zero-order chi connectivity index (χ0) is 4.28. The van der Waals surface area contributed by atoms with E-state index in [9.17, 15) is 4.55 Å². The Kier molecular flexibility index (Phi) is 1.98. The molecule has 1 unspecified atom stereocenters. The van der Waals surface area contributed by atoms with Crippen molar-refractivity contribution in [2.75, 3.05) is 6.26 Å². The summed E-state index contributed by atoms with van der Waals surface area (Å²) in [5.74, 6) is 0. The van der Waals surface area contributed by atoms with E-state index in [2.05, 4.69) is 0 Å². The maximum Gasteiger partial charge on any atom is 0.316 e. The second-order valence-corrected chi connectivity index (χ2v) is 1.64. The Labute approximate surface area is 33.6 Å². The van der Waals surface area contributed by atoms with E-state index in [4.69, 9.17) is 5.26 Å². The van der Waals surface area contributed by atoms with Crippen LogP contribution in [0.5, 0.6) is 0 Å². The second kappa shape index (κ2) is 2.06. The van der Waals surface area contributed by atoms with Crippen LogP contribution in [0.25, 0.3) is 0 Å². The summed E-state index contributed by atoms with van der Waals surface area (Å²) >= 11 is -1.27. The summed E-state index contributed by atoms with van der Waals surface area (Å²) in [4.78, 5) is 0. The Morgan fingerprint density at radius 1 is 2.00 bits per heavy atom. The van der Waals surface area contributed by atoms with E-state index >= 15 is 0 Å². The average molecular weight is 89.1 g/mol. The molecule has 0 aromatic rings. The minimum atomic E-state index is -1.27. The van der Waals surface area contributed by atoms with Gasteiger partial charge in [0.05, 0.1) is 11.2 Å². The van der Waals surface area contributed by atoms with Crippen molar-refractivity contribution in [2.45, 2.75) is 0 Å². The van der Waals surface area contributed by atoms with Crippen LogP contribution in [-0.2, 0) is 11.2 Å². The maximum absolute atomic E-state index is 9.56. The van der Waals surface area contributed by atoms with Gasteiger partial charge in [0.15, 0.2) is 0 Å². The quantitative estimate of drug-likeness (QED) is 0.306. The number of thiocyanates is 1. The van der Waals surface area contributed by atoms with Gasteiger partial charge >= 0.3 is 5.40 Å². The third-order valence-corrected chi connectivity index (χ3v) is 0.386. The SMILES string of the molecule is C[S+]([O-])C#N. The molecule has 0 N–H and O–H groups in total. The van der Waals surface area contributed by atoms with Crippen molar-refractivity contribution in [2.24, 2.45) is 0 Å². The molecule has 0 bridgehead atoms. The lowest BCUT2D eigenvalue weighted by atomic mass is 11.8. The molecule has 1 atom stereocenters. The van der Waals surface area contributed by atoms with Crippen LogP contribution in [0.15, 0.2) is 0 Å². The normalized spacial score (nSPS) is 13.0. The van der Waals surface area contributed by atoms with E-state index in [-0.39, 0.29) is 0 Å². The first kappa shape index (κ1) is 4.80. The standard InChI is InChI=1S/C2H3NOS/c1-5(4)2-3/h1H3. The fourth-order valence-electron chi connectivity index (χ4n) is 0. The number of rotatable bonds is 0. The van der Waals surface area contributed by atoms with E-state index in [1.807, 2.05) is 0 Å². The first-order valence-corrected chi connectivity index (χ1v) is 2.56. The average Bonchev–Trinajstić information content (AvgIpc) is 1.38. The minimum Gasteiger partial charge on any atom is -0.602 e. The van der Waals surface area contributed by atoms with Gasteiger partial charge in [-0.15, -0.1) is 5.26 Å². The van der Waals surface area contributed by atoms with Gasteiger partial charge in [0.25, 0.3) is 0 Å². The molecule has 0 aliphatic rings. The largest absolute Gasteiger partial charge is 0.602 e. The summed E-state index contributed by atoms with van der Waals surface area (Å²) in [7, 11) is 0. The first-order chi connectivity index (χ1) is 2.27. The number of hydrogen-bond donors (Lipinski definition) is 0. The molecule has 0 aromatic heterocycles. The molecular weight excluding hydrogens is 86.1 g/mol. The van der Waals surface area contributed by atoms with E-state index in [1.165, 1.54) is 11.7 Å². The monoisotopic (exact) mass is 89.0 g/mol. The van der Waals surface area contributed by atoms with Gasteiger partial charge in [-0.3, -0.25) is 0 Å². The fourth-order valence-corrected chi connectivity index (χ4v) is 0. The smallest absolute Gasteiger partial charge is 0.316 e. The van der Waals surface area contributed by atoms with Crippen molar-refractivity contribution < 1.29 is 4.55 Å². The molecule has 0 spiro atoms. The van der Waals surface area contributed by atoms with Crippen LogP contribution in [0, 0.1) is 10.7 Å². The highest BCUT2D eigenvalue weighted by atomic mass is 32.2. The summed E-state index contributed by atoms with van der Waals surface area (Å²) in [6.45, 7) is 0. The highest BCUT2D eigenvalue weighted by molar-refractivity contribution is 7.95. The molecule has 0 fully saturated rings. The fraction of sp³-hybridized carbons (Fsp3) is 0.500. The topological polar surface area (TPSA) is 46.8 Å². The van der Waals surface area contributed by atoms with E-state index in [1.54, 1.807) is 0 Å². The zero-order valence-electron chi connectivity index (χ0n) is 2.76. The molecule has 0 aliphatic heterocycles. The third kappa shape index (κ3) is 3.80. The lowest BCUT2D eigenvalue weighted by Gasteiger charge is -1.81. The minimum absolute atomic E-state index is 1.27. The Hall–Kier alpha value is -0.200. The van der Waals surface area contributed by atoms with Crippen molar-refractivity contribution in [3.8, 4) is 5.40 Å². The van der Waals surface area contributed by atoms with E-state index in [0.717, 1.165) is 0 Å². The van der Waals surface area contributed by atoms with Crippen molar-refractivity contribution in [1.82, 2.24) is 0 Å². The molecule has 5 heavy (non-hydrogen) atoms. The van der Waals surface area contributed by atoms with Gasteiger partial charge in [-0.1, -0.05) is 0 Å². The number of nitrogens with zero attached hydrogens (tertiary/aromatic N) is 1. The van der Waals surface area contributed by atoms with Crippen LogP contribution in [0.4, 0.5) is 0 Å². The van der Waals surface area contributed by atoms with Crippen molar-refractivity contribution in [1.29, 1.82) is 5.26 Å². The number of hydrogen-bond acceptors (Lipinski definition) is 2. The molecule has 0 heterocycles. The van der Waals surface area contributed by atoms with Crippen molar-refractivity contribution in [3.63, 3.8) is 0 Å². The maximum atomic E-state index is 9.56. The highest BCUT2D eigenvalue weighted by Crippen LogP contribution is 1.69. The van der Waals surface area contributed by atoms with Crippen molar-refractivity contribution in [3.05, 3.63) is 0 Å². The summed E-state index contributed by atoms with van der Waals surface area (Å²) in [6.07, 6.45) is 1.33. The van der Waals surface area contributed by atoms with Crippen LogP contribution in [-0.4, -0.2) is 10.8 Å². The number of nitriles is 1. The van der Waals surface area contributed by atoms with Crippen LogP contribution >= 0.6 is 0 Å². The Balaban J connectivity index is 2.94. The Morgan fingerprint density at radius 2 is 2.20 bits per heavy atom. The second-order valence-electron chi connectivity index (χ2n) is 0.545. The predicted molar refractivity (Wildman–Crippen MR) is 19.7 cm³/mol. The molecule has 0 saturated carbocycles. The van der Waals surface area contributed by atoms with Crippen molar-refractivity contribution >= 4 is 11.2 Å². The molecule has 0 amide bonds. The van der Waals surface area contributed by atoms with Gasteiger partial charge in [0, 0.05) is 0 Å². The predicted octanol–water partition coefficient (Wildman–Crippen LogP) is -0.154. The van der Waals surface area contributed by atoms with E-state index in [0.29, 0.717) is 0 Å². The van der Waals surface area contributed by atoms with Gasteiger partial charge in [0.1, 0.15) is 6.26 Å². The highest BCUT2D eigenvalue weighted by Gasteiger charge is 1.82. The third-order valence-electron chi connectivity index (χ3n) is 0.129.